The number of halogens is 1. The molecule has 1 aromatic carbocycles. The van der Waals surface area contributed by atoms with Gasteiger partial charge in [-0.25, -0.2) is 0 Å². The van der Waals surface area contributed by atoms with E-state index in [0.29, 0.717) is 18.3 Å². The molecule has 0 spiro atoms. The van der Waals surface area contributed by atoms with Crippen molar-refractivity contribution in [2.24, 2.45) is 11.8 Å². The van der Waals surface area contributed by atoms with Crippen molar-refractivity contribution in [1.29, 1.82) is 5.26 Å². The third-order valence-electron chi connectivity index (χ3n) is 7.00. The van der Waals surface area contributed by atoms with Crippen LogP contribution >= 0.6 is 0 Å². The number of carbonyl (C=O) groups is 1. The lowest BCUT2D eigenvalue weighted by Crippen LogP contribution is -2.29. The number of benzene rings is 1. The molecule has 0 unspecified atom stereocenters. The lowest BCUT2D eigenvalue weighted by atomic mass is 9.79. The Morgan fingerprint density at radius 1 is 1.10 bits per heavy atom. The molecule has 0 heterocycles. The number of rotatable bonds is 7. The van der Waals surface area contributed by atoms with Crippen molar-refractivity contribution < 1.29 is 13.9 Å². The summed E-state index contributed by atoms with van der Waals surface area (Å²) < 4.78 is 18.7. The van der Waals surface area contributed by atoms with Crippen LogP contribution in [0.25, 0.3) is 0 Å². The van der Waals surface area contributed by atoms with Crippen LogP contribution in [0.3, 0.4) is 0 Å². The van der Waals surface area contributed by atoms with Gasteiger partial charge in [-0.3, -0.25) is 4.79 Å². The summed E-state index contributed by atoms with van der Waals surface area (Å²) in [7, 11) is 0. The normalized spacial score (nSPS) is 27.3. The fourth-order valence-corrected chi connectivity index (χ4v) is 4.98. The lowest BCUT2D eigenvalue weighted by molar-refractivity contribution is -0.157. The zero-order valence-electron chi connectivity index (χ0n) is 18.1. The molecule has 0 N–H and O–H groups in total. The predicted octanol–water partition coefficient (Wildman–Crippen LogP) is 6.78. The third-order valence-corrected chi connectivity index (χ3v) is 7.00. The summed E-state index contributed by atoms with van der Waals surface area (Å²) in [4.78, 5) is 12.6. The van der Waals surface area contributed by atoms with E-state index in [1.807, 2.05) is 0 Å². The monoisotopic (exact) mass is 411 g/mol. The molecule has 2 saturated carbocycles. The molecule has 2 aliphatic carbocycles. The fourth-order valence-electron chi connectivity index (χ4n) is 4.98. The number of aryl methyl sites for hydroxylation is 1. The van der Waals surface area contributed by atoms with Crippen LogP contribution in [-0.4, -0.2) is 12.1 Å². The molecule has 4 heteroatoms. The Bertz CT molecular complexity index is 748. The van der Waals surface area contributed by atoms with Crippen molar-refractivity contribution in [3.8, 4) is 6.07 Å². The van der Waals surface area contributed by atoms with E-state index in [1.54, 1.807) is 0 Å². The highest BCUT2D eigenvalue weighted by Gasteiger charge is 2.30. The van der Waals surface area contributed by atoms with Gasteiger partial charge in [-0.05, 0) is 99.7 Å². The zero-order valence-corrected chi connectivity index (χ0v) is 18.1. The SMILES string of the molecule is CCc1ccc([C@H]2CC[C@H](OC(=O)[C@H]3CC[C@H](CCC=C(F)C#N)CC3)CC2)cc1. The summed E-state index contributed by atoms with van der Waals surface area (Å²) in [5.41, 5.74) is 2.79. The highest BCUT2D eigenvalue weighted by Crippen LogP contribution is 2.36. The van der Waals surface area contributed by atoms with E-state index in [2.05, 4.69) is 31.2 Å². The molecule has 1 aromatic rings. The molecule has 30 heavy (non-hydrogen) atoms. The Morgan fingerprint density at radius 3 is 2.37 bits per heavy atom. The van der Waals surface area contributed by atoms with Gasteiger partial charge in [-0.15, -0.1) is 0 Å². The number of carbonyl (C=O) groups excluding carboxylic acids is 1. The van der Waals surface area contributed by atoms with E-state index >= 15 is 0 Å². The summed E-state index contributed by atoms with van der Waals surface area (Å²) in [6.07, 6.45) is 11.8. The second-order valence-corrected chi connectivity index (χ2v) is 8.96. The van der Waals surface area contributed by atoms with Crippen molar-refractivity contribution >= 4 is 5.97 Å². The second kappa shape index (κ2) is 11.3. The first-order valence-electron chi connectivity index (χ1n) is 11.6. The van der Waals surface area contributed by atoms with E-state index in [0.717, 1.165) is 64.2 Å². The van der Waals surface area contributed by atoms with Crippen LogP contribution in [0.1, 0.15) is 88.2 Å². The topological polar surface area (TPSA) is 50.1 Å². The molecular formula is C26H34FNO2. The Morgan fingerprint density at radius 2 is 1.77 bits per heavy atom. The number of ether oxygens (including phenoxy) is 1. The maximum absolute atomic E-state index is 12.9. The van der Waals surface area contributed by atoms with Crippen molar-refractivity contribution in [2.45, 2.75) is 89.6 Å². The van der Waals surface area contributed by atoms with Crippen LogP contribution < -0.4 is 0 Å². The summed E-state index contributed by atoms with van der Waals surface area (Å²) in [5.74, 6) is 0.416. The molecular weight excluding hydrogens is 377 g/mol. The Balaban J connectivity index is 1.36. The number of allylic oxidation sites excluding steroid dienone is 2. The number of esters is 1. The van der Waals surface area contributed by atoms with E-state index in [-0.39, 0.29) is 18.0 Å². The summed E-state index contributed by atoms with van der Waals surface area (Å²) in [6, 6.07) is 10.5. The van der Waals surface area contributed by atoms with Crippen LogP contribution in [0.5, 0.6) is 0 Å². The number of hydrogen-bond donors (Lipinski definition) is 0. The zero-order chi connectivity index (χ0) is 21.3. The molecule has 0 saturated heterocycles. The number of nitriles is 1. The Labute approximate surface area is 180 Å². The molecule has 2 fully saturated rings. The molecule has 3 rings (SSSR count). The molecule has 0 atom stereocenters. The van der Waals surface area contributed by atoms with Crippen LogP contribution in [0.4, 0.5) is 4.39 Å². The molecule has 0 amide bonds. The van der Waals surface area contributed by atoms with E-state index < -0.39 is 5.83 Å². The third kappa shape index (κ3) is 6.42. The Hall–Kier alpha value is -2.15. The van der Waals surface area contributed by atoms with Crippen molar-refractivity contribution in [3.63, 3.8) is 0 Å². The first kappa shape index (κ1) is 22.5. The summed E-state index contributed by atoms with van der Waals surface area (Å²) >= 11 is 0. The van der Waals surface area contributed by atoms with Gasteiger partial charge in [0.15, 0.2) is 5.83 Å². The van der Waals surface area contributed by atoms with Crippen molar-refractivity contribution in [3.05, 3.63) is 47.3 Å². The van der Waals surface area contributed by atoms with E-state index in [4.69, 9.17) is 10.00 Å². The van der Waals surface area contributed by atoms with Gasteiger partial charge in [0.2, 0.25) is 0 Å². The lowest BCUT2D eigenvalue weighted by Gasteiger charge is -2.31. The molecule has 0 bridgehead atoms. The minimum Gasteiger partial charge on any atom is -0.462 e. The number of hydrogen-bond acceptors (Lipinski definition) is 3. The van der Waals surface area contributed by atoms with Crippen LogP contribution in [-0.2, 0) is 16.0 Å². The van der Waals surface area contributed by atoms with Gasteiger partial charge in [0.1, 0.15) is 12.2 Å². The van der Waals surface area contributed by atoms with E-state index in [1.165, 1.54) is 23.3 Å². The number of nitrogens with zero attached hydrogens (tertiary/aromatic N) is 1. The summed E-state index contributed by atoms with van der Waals surface area (Å²) in [6.45, 7) is 2.18. The minimum absolute atomic E-state index is 0.0142. The molecule has 0 radical (unpaired) electrons. The largest absolute Gasteiger partial charge is 0.462 e. The van der Waals surface area contributed by atoms with Gasteiger partial charge < -0.3 is 4.74 Å². The maximum Gasteiger partial charge on any atom is 0.309 e. The van der Waals surface area contributed by atoms with Gasteiger partial charge in [0, 0.05) is 0 Å². The van der Waals surface area contributed by atoms with Crippen LogP contribution in [0, 0.1) is 23.2 Å². The van der Waals surface area contributed by atoms with Crippen LogP contribution in [0.2, 0.25) is 0 Å². The average molecular weight is 412 g/mol. The predicted molar refractivity (Wildman–Crippen MR) is 116 cm³/mol. The first-order valence-corrected chi connectivity index (χ1v) is 11.6. The Kier molecular flexibility index (Phi) is 8.49. The van der Waals surface area contributed by atoms with Gasteiger partial charge in [-0.2, -0.15) is 9.65 Å². The smallest absolute Gasteiger partial charge is 0.309 e. The van der Waals surface area contributed by atoms with E-state index in [9.17, 15) is 9.18 Å². The van der Waals surface area contributed by atoms with Crippen LogP contribution in [0.15, 0.2) is 36.2 Å². The van der Waals surface area contributed by atoms with Gasteiger partial charge in [-0.1, -0.05) is 31.2 Å². The standard InChI is InChI=1S/C26H34FNO2/c1-2-19-6-10-21(11-7-19)22-14-16-25(17-15-22)30-26(29)23-12-8-20(9-13-23)4-3-5-24(27)18-28/h5-7,10-11,20,22-23,25H,2-4,8-9,12-17H2,1H3/t20-,22-,23-,25-. The maximum atomic E-state index is 12.9. The molecule has 2 aliphatic rings. The first-order chi connectivity index (χ1) is 14.6. The second-order valence-electron chi connectivity index (χ2n) is 8.96. The highest BCUT2D eigenvalue weighted by molar-refractivity contribution is 5.72. The van der Waals surface area contributed by atoms with Crippen molar-refractivity contribution in [1.82, 2.24) is 0 Å². The molecule has 162 valence electrons. The highest BCUT2D eigenvalue weighted by atomic mass is 19.1. The van der Waals surface area contributed by atoms with Gasteiger partial charge >= 0.3 is 5.97 Å². The fraction of sp³-hybridized carbons (Fsp3) is 0.615. The summed E-state index contributed by atoms with van der Waals surface area (Å²) in [5, 5.41) is 8.45. The molecule has 0 aliphatic heterocycles. The quantitative estimate of drug-likeness (QED) is 0.367. The molecule has 0 aromatic heterocycles. The van der Waals surface area contributed by atoms with Gasteiger partial charge in [0.05, 0.1) is 5.92 Å². The minimum atomic E-state index is -0.694. The average Bonchev–Trinajstić information content (AvgIpc) is 2.80. The molecule has 3 nitrogen and oxygen atoms in total. The van der Waals surface area contributed by atoms with Crippen molar-refractivity contribution in [2.75, 3.05) is 0 Å². The van der Waals surface area contributed by atoms with Gasteiger partial charge in [0.25, 0.3) is 0 Å².